The number of para-hydroxylation sites is 1. The molecule has 3 rings (SSSR count). The molecule has 1 heterocycles. The molecule has 1 atom stereocenters. The van der Waals surface area contributed by atoms with Crippen molar-refractivity contribution < 1.29 is 19.1 Å². The van der Waals surface area contributed by atoms with Gasteiger partial charge in [0, 0.05) is 11.0 Å². The number of ether oxygens (including phenoxy) is 2. The van der Waals surface area contributed by atoms with Crippen molar-refractivity contribution in [3.05, 3.63) is 57.0 Å². The van der Waals surface area contributed by atoms with Gasteiger partial charge in [0.1, 0.15) is 5.75 Å². The first-order valence-electron chi connectivity index (χ1n) is 9.38. The van der Waals surface area contributed by atoms with Crippen molar-refractivity contribution in [3.8, 4) is 5.75 Å². The summed E-state index contributed by atoms with van der Waals surface area (Å²) in [5.41, 5.74) is 8.91. The van der Waals surface area contributed by atoms with Crippen LogP contribution < -0.4 is 15.4 Å². The first-order valence-corrected chi connectivity index (χ1v) is 10.5. The Labute approximate surface area is 183 Å². The summed E-state index contributed by atoms with van der Waals surface area (Å²) in [6, 6.07) is 10.00. The number of hydrogen-bond acceptors (Lipinski definition) is 5. The number of aryl methyl sites for hydroxylation is 1. The van der Waals surface area contributed by atoms with Crippen molar-refractivity contribution in [2.75, 3.05) is 18.1 Å². The summed E-state index contributed by atoms with van der Waals surface area (Å²) < 4.78 is 10.5. The number of fused-ring (bicyclic) bond motifs is 1. The van der Waals surface area contributed by atoms with E-state index in [0.29, 0.717) is 28.2 Å². The van der Waals surface area contributed by atoms with Gasteiger partial charge in [-0.05, 0) is 55.5 Å². The highest BCUT2D eigenvalue weighted by molar-refractivity contribution is 9.10. The minimum absolute atomic E-state index is 0.169. The highest BCUT2D eigenvalue weighted by Crippen LogP contribution is 2.34. The fourth-order valence-corrected chi connectivity index (χ4v) is 4.16. The van der Waals surface area contributed by atoms with Crippen molar-refractivity contribution in [1.82, 2.24) is 0 Å². The lowest BCUT2D eigenvalue weighted by Gasteiger charge is -2.32. The van der Waals surface area contributed by atoms with Crippen molar-refractivity contribution in [2.24, 2.45) is 5.73 Å². The molecule has 0 saturated carbocycles. The molecule has 2 aromatic rings. The molecular weight excluding hydrogens is 460 g/mol. The van der Waals surface area contributed by atoms with Crippen LogP contribution in [0.15, 0.2) is 40.9 Å². The van der Waals surface area contributed by atoms with Crippen LogP contribution in [0.3, 0.4) is 0 Å². The summed E-state index contributed by atoms with van der Waals surface area (Å²) in [6.07, 6.45) is 1.33. The van der Waals surface area contributed by atoms with E-state index in [9.17, 15) is 9.59 Å². The molecule has 0 bridgehead atoms. The normalized spacial score (nSPS) is 14.1. The third-order valence-corrected chi connectivity index (χ3v) is 5.72. The van der Waals surface area contributed by atoms with Crippen LogP contribution in [0.25, 0.3) is 0 Å². The highest BCUT2D eigenvalue weighted by atomic mass is 79.9. The quantitative estimate of drug-likeness (QED) is 0.503. The van der Waals surface area contributed by atoms with Crippen LogP contribution in [0.2, 0.25) is 5.02 Å². The monoisotopic (exact) mass is 480 g/mol. The smallest absolute Gasteiger partial charge is 0.434 e. The van der Waals surface area contributed by atoms with Crippen LogP contribution in [0.4, 0.5) is 10.5 Å². The Kier molecular flexibility index (Phi) is 7.16. The van der Waals surface area contributed by atoms with Gasteiger partial charge in [-0.2, -0.15) is 0 Å². The number of rotatable bonds is 5. The van der Waals surface area contributed by atoms with Gasteiger partial charge in [0.2, 0.25) is 5.91 Å². The summed E-state index contributed by atoms with van der Waals surface area (Å²) >= 11 is 9.81. The molecule has 6 nitrogen and oxygen atoms in total. The van der Waals surface area contributed by atoms with E-state index in [1.54, 1.807) is 36.1 Å². The Bertz CT molecular complexity index is 922. The zero-order valence-electron chi connectivity index (χ0n) is 16.0. The first kappa shape index (κ1) is 21.6. The maximum atomic E-state index is 13.1. The number of anilines is 1. The number of carbonyl (C=O) groups excluding carboxylic acids is 2. The predicted molar refractivity (Wildman–Crippen MR) is 116 cm³/mol. The number of nitrogens with two attached hydrogens (primary N) is 1. The lowest BCUT2D eigenvalue weighted by atomic mass is 9.99. The van der Waals surface area contributed by atoms with Crippen molar-refractivity contribution >= 4 is 45.3 Å². The average molecular weight is 482 g/mol. The van der Waals surface area contributed by atoms with E-state index in [0.717, 1.165) is 29.7 Å². The molecule has 0 spiro atoms. The van der Waals surface area contributed by atoms with E-state index in [1.165, 1.54) is 0 Å². The topological polar surface area (TPSA) is 81.9 Å². The summed E-state index contributed by atoms with van der Waals surface area (Å²) in [5.74, 6) is 0.175. The van der Waals surface area contributed by atoms with E-state index in [1.807, 2.05) is 12.1 Å². The molecule has 0 fully saturated rings. The summed E-state index contributed by atoms with van der Waals surface area (Å²) in [5, 5.41) is 0.560. The predicted octanol–water partition coefficient (Wildman–Crippen LogP) is 4.49. The SMILES string of the molecule is CCOC(=O)Oc1ccc(C[C@@H](N)C(=O)N2CCCc3cccc(Cl)c32)c(Br)c1. The Balaban J connectivity index is 1.72. The van der Waals surface area contributed by atoms with Gasteiger partial charge < -0.3 is 20.1 Å². The standard InChI is InChI=1S/C21H22BrClN2O4/c1-2-28-21(27)29-15-9-8-14(16(22)12-15)11-18(24)20(26)25-10-4-6-13-5-3-7-17(23)19(13)25/h3,5,7-9,12,18H,2,4,6,10-11,24H2,1H3/t18-/m1/s1. The number of amides is 1. The van der Waals surface area contributed by atoms with Gasteiger partial charge in [0.05, 0.1) is 23.4 Å². The maximum absolute atomic E-state index is 13.1. The van der Waals surface area contributed by atoms with E-state index in [2.05, 4.69) is 15.9 Å². The van der Waals surface area contributed by atoms with Crippen LogP contribution >= 0.6 is 27.5 Å². The molecule has 1 amide bonds. The van der Waals surface area contributed by atoms with Gasteiger partial charge in [-0.3, -0.25) is 4.79 Å². The third kappa shape index (κ3) is 5.10. The summed E-state index contributed by atoms with van der Waals surface area (Å²) in [6.45, 7) is 2.53. The highest BCUT2D eigenvalue weighted by Gasteiger charge is 2.28. The molecule has 2 N–H and O–H groups in total. The maximum Gasteiger partial charge on any atom is 0.513 e. The fraction of sp³-hybridized carbons (Fsp3) is 0.333. The van der Waals surface area contributed by atoms with E-state index >= 15 is 0 Å². The molecule has 154 valence electrons. The van der Waals surface area contributed by atoms with E-state index < -0.39 is 12.2 Å². The van der Waals surface area contributed by atoms with Gasteiger partial charge in [-0.25, -0.2) is 4.79 Å². The second kappa shape index (κ2) is 9.61. The van der Waals surface area contributed by atoms with Crippen molar-refractivity contribution in [3.63, 3.8) is 0 Å². The lowest BCUT2D eigenvalue weighted by molar-refractivity contribution is -0.119. The fourth-order valence-electron chi connectivity index (χ4n) is 3.35. The Morgan fingerprint density at radius 3 is 2.83 bits per heavy atom. The number of nitrogens with zero attached hydrogens (tertiary/aromatic N) is 1. The Morgan fingerprint density at radius 1 is 1.31 bits per heavy atom. The molecule has 1 aliphatic rings. The molecule has 0 aromatic heterocycles. The van der Waals surface area contributed by atoms with Crippen LogP contribution in [0.1, 0.15) is 24.5 Å². The molecule has 2 aromatic carbocycles. The molecule has 29 heavy (non-hydrogen) atoms. The second-order valence-corrected chi connectivity index (χ2v) is 7.95. The first-order chi connectivity index (χ1) is 13.9. The summed E-state index contributed by atoms with van der Waals surface area (Å²) in [7, 11) is 0. The molecule has 0 radical (unpaired) electrons. The zero-order chi connectivity index (χ0) is 21.0. The van der Waals surface area contributed by atoms with Crippen LogP contribution in [-0.2, 0) is 22.4 Å². The van der Waals surface area contributed by atoms with Crippen LogP contribution in [-0.4, -0.2) is 31.3 Å². The Morgan fingerprint density at radius 2 is 2.10 bits per heavy atom. The lowest BCUT2D eigenvalue weighted by Crippen LogP contribution is -2.47. The molecule has 0 unspecified atom stereocenters. The van der Waals surface area contributed by atoms with Crippen LogP contribution in [0.5, 0.6) is 5.75 Å². The van der Waals surface area contributed by atoms with Crippen LogP contribution in [0, 0.1) is 0 Å². The number of benzene rings is 2. The average Bonchev–Trinajstić information content (AvgIpc) is 2.69. The van der Waals surface area contributed by atoms with Gasteiger partial charge in [-0.15, -0.1) is 0 Å². The number of halogens is 2. The van der Waals surface area contributed by atoms with Gasteiger partial charge in [-0.1, -0.05) is 45.7 Å². The minimum atomic E-state index is -0.764. The van der Waals surface area contributed by atoms with Crippen molar-refractivity contribution in [2.45, 2.75) is 32.2 Å². The number of carbonyl (C=O) groups is 2. The zero-order valence-corrected chi connectivity index (χ0v) is 18.3. The number of hydrogen-bond donors (Lipinski definition) is 1. The third-order valence-electron chi connectivity index (χ3n) is 4.68. The molecular formula is C21H22BrClN2O4. The summed E-state index contributed by atoms with van der Waals surface area (Å²) in [4.78, 5) is 26.2. The largest absolute Gasteiger partial charge is 0.513 e. The van der Waals surface area contributed by atoms with E-state index in [-0.39, 0.29) is 12.5 Å². The van der Waals surface area contributed by atoms with Gasteiger partial charge in [0.15, 0.2) is 0 Å². The Hall–Kier alpha value is -2.09. The molecule has 8 heteroatoms. The van der Waals surface area contributed by atoms with Crippen molar-refractivity contribution in [1.29, 1.82) is 0 Å². The second-order valence-electron chi connectivity index (χ2n) is 6.69. The van der Waals surface area contributed by atoms with E-state index in [4.69, 9.17) is 26.8 Å². The van der Waals surface area contributed by atoms with Gasteiger partial charge >= 0.3 is 6.16 Å². The minimum Gasteiger partial charge on any atom is -0.434 e. The molecule has 0 aliphatic carbocycles. The van der Waals surface area contributed by atoms with Gasteiger partial charge in [0.25, 0.3) is 0 Å². The molecule has 1 aliphatic heterocycles. The molecule has 0 saturated heterocycles.